The molecule has 1 saturated heterocycles. The largest absolute Gasteiger partial charge is 0.348 e. The maximum Gasteiger partial charge on any atom is 0.185 e. The molecule has 1 aliphatic heterocycles. The third-order valence-electron chi connectivity index (χ3n) is 3.87. The van der Waals surface area contributed by atoms with Gasteiger partial charge >= 0.3 is 0 Å². The molecule has 0 amide bonds. The summed E-state index contributed by atoms with van der Waals surface area (Å²) in [6.45, 7) is 3.39. The zero-order chi connectivity index (χ0) is 16.1. The summed E-state index contributed by atoms with van der Waals surface area (Å²) in [7, 11) is 0. The highest BCUT2D eigenvalue weighted by Crippen LogP contribution is 2.27. The lowest BCUT2D eigenvalue weighted by atomic mass is 10.1. The molecule has 1 aromatic carbocycles. The first kappa shape index (κ1) is 15.8. The van der Waals surface area contributed by atoms with Crippen LogP contribution in [0.25, 0.3) is 11.3 Å². The number of rotatable bonds is 4. The van der Waals surface area contributed by atoms with Gasteiger partial charge in [0.2, 0.25) is 0 Å². The first-order valence-corrected chi connectivity index (χ1v) is 7.82. The molecule has 2 heterocycles. The average molecular weight is 313 g/mol. The van der Waals surface area contributed by atoms with E-state index in [-0.39, 0.29) is 12.1 Å². The lowest BCUT2D eigenvalue weighted by Crippen LogP contribution is -2.26. The van der Waals surface area contributed by atoms with Gasteiger partial charge in [0, 0.05) is 23.2 Å². The molecule has 0 saturated carbocycles. The highest BCUT2D eigenvalue weighted by Gasteiger charge is 2.23. The van der Waals surface area contributed by atoms with Crippen LogP contribution < -0.4 is 0 Å². The van der Waals surface area contributed by atoms with E-state index in [1.165, 1.54) is 12.1 Å². The Balaban J connectivity index is 1.63. The minimum atomic E-state index is -0.355. The van der Waals surface area contributed by atoms with Gasteiger partial charge in [0.15, 0.2) is 6.29 Å². The van der Waals surface area contributed by atoms with Crippen molar-refractivity contribution in [2.75, 3.05) is 13.2 Å². The highest BCUT2D eigenvalue weighted by atomic mass is 19.1. The van der Waals surface area contributed by atoms with Crippen LogP contribution >= 0.6 is 0 Å². The molecule has 0 unspecified atom stereocenters. The molecular weight excluding hydrogens is 293 g/mol. The smallest absolute Gasteiger partial charge is 0.185 e. The standard InChI is InChI=1S/C19H20FNO2/c1-2-3-4-14-12-22-19(23-13-14)16-7-10-18(21-11-16)15-5-8-17(20)9-6-15/h2-3,5-11,14,19H,4,12-13H2,1H3. The van der Waals surface area contributed by atoms with E-state index in [9.17, 15) is 4.39 Å². The van der Waals surface area contributed by atoms with Crippen LogP contribution in [-0.4, -0.2) is 18.2 Å². The van der Waals surface area contributed by atoms with Crippen molar-refractivity contribution in [3.63, 3.8) is 0 Å². The fourth-order valence-corrected chi connectivity index (χ4v) is 2.54. The molecule has 4 heteroatoms. The lowest BCUT2D eigenvalue weighted by Gasteiger charge is -2.29. The van der Waals surface area contributed by atoms with Crippen LogP contribution in [0.3, 0.4) is 0 Å². The SMILES string of the molecule is CC=CCC1COC(c2ccc(-c3ccc(F)cc3)nc2)OC1. The van der Waals surface area contributed by atoms with Crippen molar-refractivity contribution >= 4 is 0 Å². The van der Waals surface area contributed by atoms with E-state index in [1.54, 1.807) is 18.3 Å². The van der Waals surface area contributed by atoms with Gasteiger partial charge in [-0.05, 0) is 43.7 Å². The Labute approximate surface area is 135 Å². The molecule has 1 fully saturated rings. The van der Waals surface area contributed by atoms with E-state index in [0.717, 1.165) is 23.2 Å². The fraction of sp³-hybridized carbons (Fsp3) is 0.316. The third kappa shape index (κ3) is 4.03. The summed E-state index contributed by atoms with van der Waals surface area (Å²) in [5, 5.41) is 0. The van der Waals surface area contributed by atoms with Crippen LogP contribution in [0, 0.1) is 11.7 Å². The molecule has 0 N–H and O–H groups in total. The predicted molar refractivity (Wildman–Crippen MR) is 87.2 cm³/mol. The molecule has 0 aliphatic carbocycles. The Morgan fingerprint density at radius 1 is 1.13 bits per heavy atom. The summed E-state index contributed by atoms with van der Waals surface area (Å²) in [4.78, 5) is 4.43. The van der Waals surface area contributed by atoms with E-state index < -0.39 is 0 Å². The maximum atomic E-state index is 13.0. The van der Waals surface area contributed by atoms with Gasteiger partial charge in [0.05, 0.1) is 18.9 Å². The van der Waals surface area contributed by atoms with Gasteiger partial charge < -0.3 is 9.47 Å². The summed E-state index contributed by atoms with van der Waals surface area (Å²) in [6, 6.07) is 10.2. The van der Waals surface area contributed by atoms with Gasteiger partial charge in [-0.2, -0.15) is 0 Å². The summed E-state index contributed by atoms with van der Waals surface area (Å²) >= 11 is 0. The van der Waals surface area contributed by atoms with Crippen molar-refractivity contribution in [1.29, 1.82) is 0 Å². The monoisotopic (exact) mass is 313 g/mol. The Hall–Kier alpha value is -2.04. The van der Waals surface area contributed by atoms with E-state index in [1.807, 2.05) is 25.1 Å². The Kier molecular flexibility index (Phi) is 5.16. The quantitative estimate of drug-likeness (QED) is 0.778. The molecule has 3 nitrogen and oxygen atoms in total. The number of hydrogen-bond donors (Lipinski definition) is 0. The molecule has 1 aromatic heterocycles. The van der Waals surface area contributed by atoms with Crippen molar-refractivity contribution in [3.8, 4) is 11.3 Å². The summed E-state index contributed by atoms with van der Waals surface area (Å²) in [5.41, 5.74) is 2.59. The minimum Gasteiger partial charge on any atom is -0.348 e. The van der Waals surface area contributed by atoms with Gasteiger partial charge in [0.25, 0.3) is 0 Å². The van der Waals surface area contributed by atoms with Crippen molar-refractivity contribution in [2.45, 2.75) is 19.6 Å². The second-order valence-electron chi connectivity index (χ2n) is 5.65. The summed E-state index contributed by atoms with van der Waals surface area (Å²) < 4.78 is 24.5. The summed E-state index contributed by atoms with van der Waals surface area (Å²) in [6.07, 6.45) is 6.56. The topological polar surface area (TPSA) is 31.4 Å². The lowest BCUT2D eigenvalue weighted by molar-refractivity contribution is -0.204. The number of aromatic nitrogens is 1. The van der Waals surface area contributed by atoms with Gasteiger partial charge in [-0.3, -0.25) is 4.98 Å². The first-order valence-electron chi connectivity index (χ1n) is 7.82. The minimum absolute atomic E-state index is 0.248. The molecule has 3 rings (SSSR count). The Morgan fingerprint density at radius 3 is 2.48 bits per heavy atom. The number of hydrogen-bond acceptors (Lipinski definition) is 3. The number of halogens is 1. The Morgan fingerprint density at radius 2 is 1.87 bits per heavy atom. The molecule has 120 valence electrons. The molecular formula is C19H20FNO2. The molecule has 2 aromatic rings. The average Bonchev–Trinajstić information content (AvgIpc) is 2.61. The molecule has 0 atom stereocenters. The third-order valence-corrected chi connectivity index (χ3v) is 3.87. The maximum absolute atomic E-state index is 13.0. The van der Waals surface area contributed by atoms with E-state index >= 15 is 0 Å². The van der Waals surface area contributed by atoms with Crippen LogP contribution in [-0.2, 0) is 9.47 Å². The van der Waals surface area contributed by atoms with Gasteiger partial charge in [-0.15, -0.1) is 0 Å². The van der Waals surface area contributed by atoms with Crippen LogP contribution in [0.4, 0.5) is 4.39 Å². The van der Waals surface area contributed by atoms with Gasteiger partial charge in [-0.1, -0.05) is 18.2 Å². The number of benzene rings is 1. The fourth-order valence-electron chi connectivity index (χ4n) is 2.54. The number of pyridine rings is 1. The first-order chi connectivity index (χ1) is 11.3. The Bertz CT molecular complexity index is 644. The van der Waals surface area contributed by atoms with Crippen molar-refractivity contribution in [3.05, 3.63) is 66.1 Å². The number of allylic oxidation sites excluding steroid dienone is 2. The van der Waals surface area contributed by atoms with E-state index in [2.05, 4.69) is 11.1 Å². The highest BCUT2D eigenvalue weighted by molar-refractivity contribution is 5.58. The second-order valence-corrected chi connectivity index (χ2v) is 5.65. The molecule has 0 radical (unpaired) electrons. The zero-order valence-electron chi connectivity index (χ0n) is 13.1. The van der Waals surface area contributed by atoms with Crippen LogP contribution in [0.5, 0.6) is 0 Å². The number of ether oxygens (including phenoxy) is 2. The van der Waals surface area contributed by atoms with Crippen LogP contribution in [0.2, 0.25) is 0 Å². The zero-order valence-corrected chi connectivity index (χ0v) is 13.1. The van der Waals surface area contributed by atoms with E-state index in [0.29, 0.717) is 19.1 Å². The van der Waals surface area contributed by atoms with Gasteiger partial charge in [0.1, 0.15) is 5.82 Å². The van der Waals surface area contributed by atoms with E-state index in [4.69, 9.17) is 9.47 Å². The molecule has 0 spiro atoms. The molecule has 0 bridgehead atoms. The molecule has 23 heavy (non-hydrogen) atoms. The second kappa shape index (κ2) is 7.49. The van der Waals surface area contributed by atoms with Crippen molar-refractivity contribution < 1.29 is 13.9 Å². The van der Waals surface area contributed by atoms with Crippen molar-refractivity contribution in [2.24, 2.45) is 5.92 Å². The summed E-state index contributed by atoms with van der Waals surface area (Å²) in [5.74, 6) is 0.163. The van der Waals surface area contributed by atoms with Crippen LogP contribution in [0.1, 0.15) is 25.2 Å². The molecule has 1 aliphatic rings. The van der Waals surface area contributed by atoms with Gasteiger partial charge in [-0.25, -0.2) is 4.39 Å². The van der Waals surface area contributed by atoms with Crippen molar-refractivity contribution in [1.82, 2.24) is 4.98 Å². The predicted octanol–water partition coefficient (Wildman–Crippen LogP) is 4.52. The van der Waals surface area contributed by atoms with Crippen LogP contribution in [0.15, 0.2) is 54.7 Å². The number of nitrogens with zero attached hydrogens (tertiary/aromatic N) is 1. The normalized spacial score (nSPS) is 21.7.